The molecule has 1 aromatic heterocycles. The number of hydrogen-bond donors (Lipinski definition) is 1. The zero-order valence-electron chi connectivity index (χ0n) is 9.37. The van der Waals surface area contributed by atoms with Crippen molar-refractivity contribution in [2.45, 2.75) is 13.0 Å². The molecule has 94 valence electrons. The van der Waals surface area contributed by atoms with Crippen LogP contribution in [0.5, 0.6) is 11.5 Å². The number of nitrogens with zero attached hydrogens (tertiary/aromatic N) is 1. The van der Waals surface area contributed by atoms with Crippen LogP contribution in [-0.2, 0) is 4.79 Å². The Morgan fingerprint density at radius 3 is 3.00 bits per heavy atom. The van der Waals surface area contributed by atoms with Gasteiger partial charge in [-0.2, -0.15) is 0 Å². The maximum atomic E-state index is 12.1. The summed E-state index contributed by atoms with van der Waals surface area (Å²) in [5.41, 5.74) is -0.252. The Morgan fingerprint density at radius 1 is 1.50 bits per heavy atom. The van der Waals surface area contributed by atoms with Crippen molar-refractivity contribution in [1.82, 2.24) is 3.56 Å². The molecule has 18 heavy (non-hydrogen) atoms. The van der Waals surface area contributed by atoms with Crippen LogP contribution >= 0.6 is 0 Å². The molecule has 0 spiro atoms. The summed E-state index contributed by atoms with van der Waals surface area (Å²) in [7, 11) is 0. The summed E-state index contributed by atoms with van der Waals surface area (Å²) in [5.74, 6) is 0.195. The monoisotopic (exact) mass is 315 g/mol. The average Bonchev–Trinajstić information content (AvgIpc) is 2.92. The van der Waals surface area contributed by atoms with E-state index in [0.717, 1.165) is 4.26 Å². The second-order valence-electron chi connectivity index (χ2n) is 3.91. The molecule has 0 fully saturated rings. The molecule has 0 amide bonds. The second kappa shape index (κ2) is 3.90. The number of benzene rings is 1. The normalized spacial score (nSPS) is 14.9. The molecule has 0 bridgehead atoms. The molecular weight excluding hydrogens is 305 g/mol. The minimum atomic E-state index is -1.01. The third-order valence-electron chi connectivity index (χ3n) is 2.82. The van der Waals surface area contributed by atoms with E-state index in [0.29, 0.717) is 16.9 Å². The van der Waals surface area contributed by atoms with Crippen LogP contribution in [0.2, 0.25) is 0 Å². The van der Waals surface area contributed by atoms with Crippen molar-refractivity contribution in [2.75, 3.05) is 6.79 Å². The Bertz CT molecular complexity index is 701. The van der Waals surface area contributed by atoms with E-state index < -0.39 is 12.0 Å². The van der Waals surface area contributed by atoms with Gasteiger partial charge in [0.1, 0.15) is 0 Å². The van der Waals surface area contributed by atoms with E-state index >= 15 is 0 Å². The van der Waals surface area contributed by atoms with Crippen molar-refractivity contribution in [3.63, 3.8) is 0 Å². The molecule has 3 rings (SSSR count). The van der Waals surface area contributed by atoms with Gasteiger partial charge in [-0.15, -0.1) is 0 Å². The molecule has 1 aliphatic rings. The zero-order valence-corrected chi connectivity index (χ0v) is 11.1. The standard InChI is InChI=1S/C11H9NO5Se/c1-5(11(14)15)12-10(13)6-2-3-7-8(9(6)18-12)17-4-16-7/h2-3,5H,4H2,1H3,(H,14,15)/t5-/m0/s1. The summed E-state index contributed by atoms with van der Waals surface area (Å²) >= 11 is -0.386. The molecule has 0 radical (unpaired) electrons. The molecule has 1 aliphatic heterocycles. The summed E-state index contributed by atoms with van der Waals surface area (Å²) in [6.45, 7) is 1.65. The molecule has 0 saturated carbocycles. The molecule has 0 saturated heterocycles. The Labute approximate surface area is 107 Å². The minimum absolute atomic E-state index is 0.143. The van der Waals surface area contributed by atoms with Crippen LogP contribution in [0.25, 0.3) is 9.65 Å². The second-order valence-corrected chi connectivity index (χ2v) is 5.98. The van der Waals surface area contributed by atoms with Gasteiger partial charge >= 0.3 is 107 Å². The van der Waals surface area contributed by atoms with Crippen LogP contribution in [-0.4, -0.2) is 36.2 Å². The van der Waals surface area contributed by atoms with E-state index in [9.17, 15) is 9.59 Å². The molecule has 1 atom stereocenters. The summed E-state index contributed by atoms with van der Waals surface area (Å²) < 4.78 is 12.7. The van der Waals surface area contributed by atoms with Gasteiger partial charge in [-0.25, -0.2) is 0 Å². The Morgan fingerprint density at radius 2 is 2.28 bits per heavy atom. The van der Waals surface area contributed by atoms with Crippen LogP contribution in [0.15, 0.2) is 16.9 Å². The van der Waals surface area contributed by atoms with E-state index in [4.69, 9.17) is 14.6 Å². The van der Waals surface area contributed by atoms with Crippen LogP contribution in [0.1, 0.15) is 13.0 Å². The van der Waals surface area contributed by atoms with Crippen molar-refractivity contribution >= 4 is 30.3 Å². The SMILES string of the molecule is C[C@@H](C(=O)O)n1[se]c2c3c(ccc2c1=O)OCO3. The molecule has 2 heterocycles. The van der Waals surface area contributed by atoms with E-state index in [2.05, 4.69) is 0 Å². The molecule has 7 heteroatoms. The molecule has 0 aliphatic carbocycles. The van der Waals surface area contributed by atoms with E-state index in [1.54, 1.807) is 12.1 Å². The number of carbonyl (C=O) groups is 1. The van der Waals surface area contributed by atoms with Gasteiger partial charge in [0, 0.05) is 0 Å². The van der Waals surface area contributed by atoms with Gasteiger partial charge in [0.25, 0.3) is 0 Å². The summed E-state index contributed by atoms with van der Waals surface area (Å²) in [5, 5.41) is 9.51. The Hall–Kier alpha value is -1.72. The first-order valence-corrected chi connectivity index (χ1v) is 6.89. The topological polar surface area (TPSA) is 77.8 Å². The number of carboxylic acid groups (broad SMARTS) is 1. The van der Waals surface area contributed by atoms with Crippen LogP contribution in [0.4, 0.5) is 0 Å². The number of ether oxygens (including phenoxy) is 2. The van der Waals surface area contributed by atoms with Gasteiger partial charge in [-0.3, -0.25) is 0 Å². The molecule has 1 aromatic carbocycles. The first-order chi connectivity index (χ1) is 8.59. The molecule has 2 aromatic rings. The molecule has 0 unspecified atom stereocenters. The number of aromatic nitrogens is 1. The van der Waals surface area contributed by atoms with Crippen LogP contribution in [0.3, 0.4) is 0 Å². The van der Waals surface area contributed by atoms with Crippen LogP contribution < -0.4 is 15.0 Å². The quantitative estimate of drug-likeness (QED) is 0.814. The van der Waals surface area contributed by atoms with Crippen molar-refractivity contribution in [1.29, 1.82) is 0 Å². The fourth-order valence-electron chi connectivity index (χ4n) is 1.82. The van der Waals surface area contributed by atoms with Crippen molar-refractivity contribution in [2.24, 2.45) is 0 Å². The predicted molar refractivity (Wildman–Crippen MR) is 63.6 cm³/mol. The third-order valence-corrected chi connectivity index (χ3v) is 5.48. The maximum absolute atomic E-state index is 12.1. The molecule has 1 N–H and O–H groups in total. The summed E-state index contributed by atoms with van der Waals surface area (Å²) in [6.07, 6.45) is 0. The zero-order chi connectivity index (χ0) is 12.9. The van der Waals surface area contributed by atoms with E-state index in [1.165, 1.54) is 10.5 Å². The number of rotatable bonds is 2. The third kappa shape index (κ3) is 1.48. The number of aliphatic carboxylic acids is 1. The van der Waals surface area contributed by atoms with E-state index in [-0.39, 0.29) is 27.1 Å². The first-order valence-electron chi connectivity index (χ1n) is 5.26. The summed E-state index contributed by atoms with van der Waals surface area (Å²) in [4.78, 5) is 23.1. The van der Waals surface area contributed by atoms with Crippen molar-refractivity contribution < 1.29 is 19.4 Å². The number of hydrogen-bond acceptors (Lipinski definition) is 4. The number of carboxylic acids is 1. The van der Waals surface area contributed by atoms with Gasteiger partial charge < -0.3 is 0 Å². The fourth-order valence-corrected chi connectivity index (χ4v) is 4.17. The van der Waals surface area contributed by atoms with Gasteiger partial charge in [-0.1, -0.05) is 0 Å². The number of fused-ring (bicyclic) bond motifs is 3. The van der Waals surface area contributed by atoms with Gasteiger partial charge in [0.15, 0.2) is 0 Å². The molecular formula is C11H9NO5Se. The summed E-state index contributed by atoms with van der Waals surface area (Å²) in [6, 6.07) is 2.52. The fraction of sp³-hybridized carbons (Fsp3) is 0.273. The average molecular weight is 314 g/mol. The van der Waals surface area contributed by atoms with Crippen LogP contribution in [0, 0.1) is 0 Å². The molecule has 6 nitrogen and oxygen atoms in total. The van der Waals surface area contributed by atoms with Crippen molar-refractivity contribution in [3.05, 3.63) is 22.5 Å². The van der Waals surface area contributed by atoms with E-state index in [1.807, 2.05) is 0 Å². The Balaban J connectivity index is 2.29. The van der Waals surface area contributed by atoms with Gasteiger partial charge in [-0.05, 0) is 0 Å². The van der Waals surface area contributed by atoms with Gasteiger partial charge in [0.05, 0.1) is 0 Å². The van der Waals surface area contributed by atoms with Gasteiger partial charge in [0.2, 0.25) is 0 Å². The first kappa shape index (κ1) is 11.4. The van der Waals surface area contributed by atoms with Crippen molar-refractivity contribution in [3.8, 4) is 11.5 Å². The predicted octanol–water partition coefficient (Wildman–Crippen LogP) is 0.433. The Kier molecular flexibility index (Phi) is 2.46.